The number of anilines is 3. The van der Waals surface area contributed by atoms with Gasteiger partial charge in [-0.3, -0.25) is 14.2 Å². The summed E-state index contributed by atoms with van der Waals surface area (Å²) in [4.78, 5) is 34.5. The molecule has 1 amide bonds. The topological polar surface area (TPSA) is 160 Å². The van der Waals surface area contributed by atoms with E-state index >= 15 is 0 Å². The van der Waals surface area contributed by atoms with Gasteiger partial charge in [-0.15, -0.1) is 0 Å². The van der Waals surface area contributed by atoms with Crippen LogP contribution in [0.25, 0.3) is 0 Å². The first-order valence-corrected chi connectivity index (χ1v) is 9.54. The highest BCUT2D eigenvalue weighted by Crippen LogP contribution is 2.36. The number of nitrogen functional groups attached to an aromatic ring is 1. The molecule has 2 aromatic rings. The summed E-state index contributed by atoms with van der Waals surface area (Å²) in [5.41, 5.74) is 6.14. The van der Waals surface area contributed by atoms with Crippen molar-refractivity contribution in [3.05, 3.63) is 33.5 Å². The third-order valence-electron chi connectivity index (χ3n) is 5.70. The number of nitrogens with zero attached hydrogens (tertiary/aromatic N) is 4. The van der Waals surface area contributed by atoms with Crippen LogP contribution in [0.3, 0.4) is 0 Å². The molecule has 0 radical (unpaired) electrons. The van der Waals surface area contributed by atoms with E-state index in [0.29, 0.717) is 42.8 Å². The Morgan fingerprint density at radius 1 is 1.37 bits per heavy atom. The van der Waals surface area contributed by atoms with E-state index in [4.69, 9.17) is 10.5 Å². The molecule has 1 spiro atoms. The normalized spacial score (nSPS) is 16.6. The second-order valence-electron chi connectivity index (χ2n) is 7.30. The van der Waals surface area contributed by atoms with Crippen molar-refractivity contribution in [1.82, 2.24) is 25.2 Å². The second-order valence-corrected chi connectivity index (χ2v) is 7.30. The molecular weight excluding hydrogens is 388 g/mol. The smallest absolute Gasteiger partial charge is 0.277 e. The summed E-state index contributed by atoms with van der Waals surface area (Å²) in [6.07, 6.45) is 2.35. The summed E-state index contributed by atoms with van der Waals surface area (Å²) in [6.45, 7) is 3.09. The number of nitrogens with two attached hydrogens (primary N) is 1. The Balaban J connectivity index is 1.96. The quantitative estimate of drug-likeness (QED) is 0.549. The summed E-state index contributed by atoms with van der Waals surface area (Å²) in [7, 11) is 1.42. The van der Waals surface area contributed by atoms with Gasteiger partial charge in [0.25, 0.3) is 11.5 Å². The van der Waals surface area contributed by atoms with Crippen molar-refractivity contribution in [2.75, 3.05) is 31.2 Å². The van der Waals surface area contributed by atoms with Crippen LogP contribution in [0.4, 0.5) is 17.3 Å². The van der Waals surface area contributed by atoms with Gasteiger partial charge < -0.3 is 26.4 Å². The molecule has 156 valence electrons. The average molecular weight is 410 g/mol. The summed E-state index contributed by atoms with van der Waals surface area (Å²) in [5.74, 6) is 0.203. The molecule has 5 N–H and O–H groups in total. The van der Waals surface area contributed by atoms with Crippen LogP contribution in [0.15, 0.2) is 11.1 Å². The summed E-state index contributed by atoms with van der Waals surface area (Å²) >= 11 is 0. The monoisotopic (exact) mass is 410 g/mol. The van der Waals surface area contributed by atoms with E-state index in [2.05, 4.69) is 32.0 Å². The van der Waals surface area contributed by atoms with Gasteiger partial charge in [-0.2, -0.15) is 5.26 Å². The van der Waals surface area contributed by atoms with E-state index in [1.165, 1.54) is 18.0 Å². The van der Waals surface area contributed by atoms with E-state index in [1.807, 2.05) is 0 Å². The van der Waals surface area contributed by atoms with Crippen molar-refractivity contribution in [2.24, 2.45) is 0 Å². The Morgan fingerprint density at radius 3 is 2.77 bits per heavy atom. The van der Waals surface area contributed by atoms with Crippen LogP contribution >= 0.6 is 0 Å². The maximum Gasteiger partial charge on any atom is 0.277 e. The van der Waals surface area contributed by atoms with Gasteiger partial charge in [0.05, 0.1) is 19.6 Å². The number of piperidine rings is 1. The van der Waals surface area contributed by atoms with E-state index in [1.54, 1.807) is 6.92 Å². The second kappa shape index (κ2) is 7.31. The fourth-order valence-corrected chi connectivity index (χ4v) is 4.26. The number of hydrogen-bond acceptors (Lipinski definition) is 9. The largest absolute Gasteiger partial charge is 0.490 e. The highest BCUT2D eigenvalue weighted by molar-refractivity contribution is 5.97. The van der Waals surface area contributed by atoms with E-state index in [-0.39, 0.29) is 35.4 Å². The molecule has 0 atom stereocenters. The van der Waals surface area contributed by atoms with Crippen molar-refractivity contribution >= 4 is 23.2 Å². The molecule has 2 aliphatic rings. The number of hydrogen-bond donors (Lipinski definition) is 4. The van der Waals surface area contributed by atoms with Crippen molar-refractivity contribution < 1.29 is 9.53 Å². The zero-order chi connectivity index (χ0) is 21.5. The Hall–Kier alpha value is -3.65. The Bertz CT molecular complexity index is 1130. The number of nitrogens with one attached hydrogen (secondary N) is 3. The molecule has 0 unspecified atom stereocenters. The lowest BCUT2D eigenvalue weighted by molar-refractivity contribution is 0.0886. The van der Waals surface area contributed by atoms with Crippen LogP contribution in [0.5, 0.6) is 5.75 Å². The number of carbonyl (C=O) groups excluding carboxylic acids is 1. The van der Waals surface area contributed by atoms with Gasteiger partial charge in [0.2, 0.25) is 5.75 Å². The molecule has 30 heavy (non-hydrogen) atoms. The van der Waals surface area contributed by atoms with Crippen LogP contribution in [-0.2, 0) is 12.1 Å². The number of amides is 1. The molecule has 0 aromatic carbocycles. The summed E-state index contributed by atoms with van der Waals surface area (Å²) < 4.78 is 6.81. The van der Waals surface area contributed by atoms with Gasteiger partial charge in [-0.1, -0.05) is 0 Å². The van der Waals surface area contributed by atoms with Crippen molar-refractivity contribution in [3.63, 3.8) is 0 Å². The molecule has 4 heterocycles. The van der Waals surface area contributed by atoms with Crippen LogP contribution in [0, 0.1) is 18.3 Å². The van der Waals surface area contributed by atoms with E-state index in [9.17, 15) is 14.9 Å². The number of pyridine rings is 1. The molecule has 11 heteroatoms. The molecule has 11 nitrogen and oxygen atoms in total. The van der Waals surface area contributed by atoms with Gasteiger partial charge in [0, 0.05) is 18.4 Å². The molecule has 4 rings (SSSR count). The zero-order valence-corrected chi connectivity index (χ0v) is 16.7. The predicted molar refractivity (Wildman–Crippen MR) is 109 cm³/mol. The first-order chi connectivity index (χ1) is 14.4. The SMILES string of the molecule is COc1c(N)ncnc1Nc1c(CC#N)c(C)c2n(c1=O)C1(CCNCC1)NC2=O. The molecular formula is C19H22N8O3. The first kappa shape index (κ1) is 19.7. The van der Waals surface area contributed by atoms with Crippen molar-refractivity contribution in [2.45, 2.75) is 31.8 Å². The number of ether oxygens (including phenoxy) is 1. The average Bonchev–Trinajstić information content (AvgIpc) is 3.01. The number of fused-ring (bicyclic) bond motifs is 2. The van der Waals surface area contributed by atoms with Crippen molar-refractivity contribution in [1.29, 1.82) is 5.26 Å². The van der Waals surface area contributed by atoms with Crippen LogP contribution < -0.4 is 32.0 Å². The van der Waals surface area contributed by atoms with Gasteiger partial charge in [-0.25, -0.2) is 9.97 Å². The molecule has 1 fully saturated rings. The third kappa shape index (κ3) is 2.84. The summed E-state index contributed by atoms with van der Waals surface area (Å²) in [6, 6.07) is 2.08. The van der Waals surface area contributed by atoms with Crippen molar-refractivity contribution in [3.8, 4) is 11.8 Å². The van der Waals surface area contributed by atoms with Gasteiger partial charge in [-0.05, 0) is 25.6 Å². The zero-order valence-electron chi connectivity index (χ0n) is 16.7. The minimum atomic E-state index is -0.796. The van der Waals surface area contributed by atoms with Gasteiger partial charge in [0.1, 0.15) is 23.4 Å². The first-order valence-electron chi connectivity index (χ1n) is 9.54. The molecule has 0 saturated carbocycles. The highest BCUT2D eigenvalue weighted by Gasteiger charge is 2.46. The fourth-order valence-electron chi connectivity index (χ4n) is 4.26. The maximum atomic E-state index is 13.7. The van der Waals surface area contributed by atoms with Gasteiger partial charge >= 0.3 is 0 Å². The minimum absolute atomic E-state index is 0.0536. The fraction of sp³-hybridized carbons (Fsp3) is 0.421. The lowest BCUT2D eigenvalue weighted by Gasteiger charge is -2.36. The Kier molecular flexibility index (Phi) is 4.79. The minimum Gasteiger partial charge on any atom is -0.490 e. The Labute approximate surface area is 172 Å². The predicted octanol–water partition coefficient (Wildman–Crippen LogP) is 0.127. The number of methoxy groups -OCH3 is 1. The number of rotatable bonds is 4. The number of aromatic nitrogens is 3. The Morgan fingerprint density at radius 2 is 2.10 bits per heavy atom. The molecule has 2 aliphatic heterocycles. The lowest BCUT2D eigenvalue weighted by atomic mass is 9.97. The molecule has 0 bridgehead atoms. The molecule has 1 saturated heterocycles. The maximum absolute atomic E-state index is 13.7. The van der Waals surface area contributed by atoms with Gasteiger partial charge in [0.15, 0.2) is 11.6 Å². The third-order valence-corrected chi connectivity index (χ3v) is 5.70. The van der Waals surface area contributed by atoms with E-state index < -0.39 is 11.2 Å². The number of nitriles is 1. The lowest BCUT2D eigenvalue weighted by Crippen LogP contribution is -2.53. The number of carbonyl (C=O) groups is 1. The summed E-state index contributed by atoms with van der Waals surface area (Å²) in [5, 5.41) is 18.6. The van der Waals surface area contributed by atoms with Crippen LogP contribution in [0.1, 0.15) is 34.5 Å². The molecule has 2 aromatic heterocycles. The van der Waals surface area contributed by atoms with Crippen LogP contribution in [0.2, 0.25) is 0 Å². The standard InChI is InChI=1S/C19H22N8O3/c1-10-11(3-6-20)12(25-16-14(30-2)15(21)23-9-24-16)18(29)27-13(10)17(28)26-19(27)4-7-22-8-5-19/h9,22H,3-5,7-8H2,1-2H3,(H,26,28)(H3,21,23,24,25). The highest BCUT2D eigenvalue weighted by atomic mass is 16.5. The van der Waals surface area contributed by atoms with Crippen LogP contribution in [-0.4, -0.2) is 40.6 Å². The van der Waals surface area contributed by atoms with E-state index in [0.717, 1.165) is 0 Å². The molecule has 0 aliphatic carbocycles.